The molecule has 1 aromatic carbocycles. The van der Waals surface area contributed by atoms with E-state index in [2.05, 4.69) is 10.4 Å². The number of ether oxygens (including phenoxy) is 2. The molecule has 0 radical (unpaired) electrons. The minimum Gasteiger partial charge on any atom is -0.496 e. The SMILES string of the molecule is CCOC(=O)c1cc2n(n1)C[C@](C)(C(=O)NC1CCCCCCC1)N(Cc1ccccc1OC)C2=O. The molecule has 1 fully saturated rings. The van der Waals surface area contributed by atoms with Gasteiger partial charge in [0.05, 0.1) is 26.8 Å². The summed E-state index contributed by atoms with van der Waals surface area (Å²) in [4.78, 5) is 41.6. The molecule has 9 heteroatoms. The van der Waals surface area contributed by atoms with Crippen LogP contribution in [0.2, 0.25) is 0 Å². The van der Waals surface area contributed by atoms with Crippen molar-refractivity contribution < 1.29 is 23.9 Å². The molecule has 0 spiro atoms. The maximum atomic E-state index is 13.9. The van der Waals surface area contributed by atoms with Crippen LogP contribution in [0.15, 0.2) is 30.3 Å². The van der Waals surface area contributed by atoms with Gasteiger partial charge in [0.1, 0.15) is 17.0 Å². The first-order valence-corrected chi connectivity index (χ1v) is 12.9. The molecule has 1 aliphatic heterocycles. The number of esters is 1. The molecule has 36 heavy (non-hydrogen) atoms. The summed E-state index contributed by atoms with van der Waals surface area (Å²) in [7, 11) is 1.58. The first-order valence-electron chi connectivity index (χ1n) is 12.9. The Kier molecular flexibility index (Phi) is 7.96. The predicted molar refractivity (Wildman–Crippen MR) is 134 cm³/mol. The highest BCUT2D eigenvalue weighted by Gasteiger charge is 2.48. The van der Waals surface area contributed by atoms with Gasteiger partial charge < -0.3 is 19.7 Å². The number of carbonyl (C=O) groups excluding carboxylic acids is 3. The van der Waals surface area contributed by atoms with Gasteiger partial charge in [-0.15, -0.1) is 0 Å². The molecule has 1 aliphatic carbocycles. The highest BCUT2D eigenvalue weighted by Crippen LogP contribution is 2.32. The number of benzene rings is 1. The second-order valence-corrected chi connectivity index (χ2v) is 9.79. The molecule has 2 heterocycles. The van der Waals surface area contributed by atoms with Gasteiger partial charge in [-0.2, -0.15) is 5.10 Å². The number of nitrogens with one attached hydrogen (secondary N) is 1. The summed E-state index contributed by atoms with van der Waals surface area (Å²) in [5.74, 6) is -0.538. The summed E-state index contributed by atoms with van der Waals surface area (Å²) < 4.78 is 12.1. The maximum Gasteiger partial charge on any atom is 0.358 e. The van der Waals surface area contributed by atoms with Crippen molar-refractivity contribution in [3.05, 3.63) is 47.3 Å². The van der Waals surface area contributed by atoms with E-state index < -0.39 is 11.5 Å². The summed E-state index contributed by atoms with van der Waals surface area (Å²) in [5, 5.41) is 7.58. The van der Waals surface area contributed by atoms with E-state index >= 15 is 0 Å². The molecule has 2 aromatic rings. The molecular formula is C27H36N4O5. The Balaban J connectivity index is 1.68. The van der Waals surface area contributed by atoms with Gasteiger partial charge in [0.25, 0.3) is 5.91 Å². The number of nitrogens with zero attached hydrogens (tertiary/aromatic N) is 3. The average Bonchev–Trinajstić information content (AvgIpc) is 3.27. The molecule has 1 saturated carbocycles. The fourth-order valence-electron chi connectivity index (χ4n) is 5.14. The van der Waals surface area contributed by atoms with E-state index in [-0.39, 0.29) is 48.9 Å². The third-order valence-corrected chi connectivity index (χ3v) is 7.23. The van der Waals surface area contributed by atoms with Crippen LogP contribution in [0.25, 0.3) is 0 Å². The molecule has 9 nitrogen and oxygen atoms in total. The summed E-state index contributed by atoms with van der Waals surface area (Å²) >= 11 is 0. The third kappa shape index (κ3) is 5.24. The van der Waals surface area contributed by atoms with E-state index in [4.69, 9.17) is 9.47 Å². The topological polar surface area (TPSA) is 103 Å². The minimum atomic E-state index is -1.22. The second-order valence-electron chi connectivity index (χ2n) is 9.79. The van der Waals surface area contributed by atoms with Crippen molar-refractivity contribution in [2.75, 3.05) is 13.7 Å². The Hall–Kier alpha value is -3.36. The van der Waals surface area contributed by atoms with Gasteiger partial charge in [-0.05, 0) is 32.8 Å². The van der Waals surface area contributed by atoms with E-state index in [1.807, 2.05) is 24.3 Å². The van der Waals surface area contributed by atoms with Gasteiger partial charge in [0, 0.05) is 17.7 Å². The summed E-state index contributed by atoms with van der Waals surface area (Å²) in [6.45, 7) is 3.99. The monoisotopic (exact) mass is 496 g/mol. The molecule has 0 bridgehead atoms. The molecule has 1 N–H and O–H groups in total. The van der Waals surface area contributed by atoms with E-state index in [9.17, 15) is 14.4 Å². The molecule has 4 rings (SSSR count). The van der Waals surface area contributed by atoms with Gasteiger partial charge in [0.2, 0.25) is 5.91 Å². The van der Waals surface area contributed by atoms with E-state index in [1.54, 1.807) is 25.9 Å². The number of aromatic nitrogens is 2. The van der Waals surface area contributed by atoms with Crippen LogP contribution in [0.1, 0.15) is 85.3 Å². The Morgan fingerprint density at radius 3 is 2.53 bits per heavy atom. The van der Waals surface area contributed by atoms with E-state index in [1.165, 1.54) is 30.0 Å². The van der Waals surface area contributed by atoms with Crippen LogP contribution >= 0.6 is 0 Å². The highest BCUT2D eigenvalue weighted by atomic mass is 16.5. The number of methoxy groups -OCH3 is 1. The van der Waals surface area contributed by atoms with Crippen molar-refractivity contribution >= 4 is 17.8 Å². The van der Waals surface area contributed by atoms with E-state index in [0.717, 1.165) is 31.2 Å². The van der Waals surface area contributed by atoms with Crippen molar-refractivity contribution in [3.63, 3.8) is 0 Å². The molecule has 0 saturated heterocycles. The second kappa shape index (κ2) is 11.1. The van der Waals surface area contributed by atoms with Crippen LogP contribution in [0, 0.1) is 0 Å². The van der Waals surface area contributed by atoms with Crippen LogP contribution < -0.4 is 10.1 Å². The summed E-state index contributed by atoms with van der Waals surface area (Å²) in [6, 6.07) is 8.98. The lowest BCUT2D eigenvalue weighted by Crippen LogP contribution is -2.64. The fourth-order valence-corrected chi connectivity index (χ4v) is 5.14. The van der Waals surface area contributed by atoms with Gasteiger partial charge >= 0.3 is 5.97 Å². The number of carbonyl (C=O) groups is 3. The van der Waals surface area contributed by atoms with Crippen molar-refractivity contribution in [1.82, 2.24) is 20.0 Å². The summed E-state index contributed by atoms with van der Waals surface area (Å²) in [6.07, 6.45) is 7.62. The first-order chi connectivity index (χ1) is 17.4. The predicted octanol–water partition coefficient (Wildman–Crippen LogP) is 3.71. The van der Waals surface area contributed by atoms with E-state index in [0.29, 0.717) is 5.75 Å². The standard InChI is InChI=1S/C27H36N4O5/c1-4-36-25(33)21-16-22-24(32)30(17-19-12-10-11-15-23(19)35-3)27(2,18-31(22)29-21)26(34)28-20-13-8-6-5-7-9-14-20/h10-12,15-16,20H,4-9,13-14,17-18H2,1-3H3,(H,28,34)/t27-/m1/s1. The smallest absolute Gasteiger partial charge is 0.358 e. The van der Waals surface area contributed by atoms with Crippen molar-refractivity contribution in [2.24, 2.45) is 0 Å². The normalized spacial score (nSPS) is 20.8. The molecule has 1 aromatic heterocycles. The maximum absolute atomic E-state index is 13.9. The van der Waals surface area contributed by atoms with Gasteiger partial charge in [-0.25, -0.2) is 4.79 Å². The zero-order valence-corrected chi connectivity index (χ0v) is 21.4. The third-order valence-electron chi connectivity index (χ3n) is 7.23. The molecule has 0 unspecified atom stereocenters. The van der Waals surface area contributed by atoms with Crippen LogP contribution in [-0.2, 0) is 22.6 Å². The lowest BCUT2D eigenvalue weighted by Gasteiger charge is -2.44. The summed E-state index contributed by atoms with van der Waals surface area (Å²) in [5.41, 5.74) is -0.117. The number of hydrogen-bond acceptors (Lipinski definition) is 6. The largest absolute Gasteiger partial charge is 0.496 e. The Morgan fingerprint density at radius 2 is 1.83 bits per heavy atom. The lowest BCUT2D eigenvalue weighted by molar-refractivity contribution is -0.134. The Bertz CT molecular complexity index is 1110. The molecule has 2 amide bonds. The zero-order valence-electron chi connectivity index (χ0n) is 21.4. The molecule has 1 atom stereocenters. The number of amides is 2. The highest BCUT2D eigenvalue weighted by molar-refractivity contribution is 6.01. The Labute approximate surface area is 212 Å². The Morgan fingerprint density at radius 1 is 1.14 bits per heavy atom. The van der Waals surface area contributed by atoms with Crippen LogP contribution in [0.5, 0.6) is 5.75 Å². The quantitative estimate of drug-likeness (QED) is 0.586. The van der Waals surface area contributed by atoms with Gasteiger partial charge in [-0.1, -0.05) is 50.3 Å². The van der Waals surface area contributed by atoms with Gasteiger partial charge in [0.15, 0.2) is 5.69 Å². The van der Waals surface area contributed by atoms with Crippen molar-refractivity contribution in [1.29, 1.82) is 0 Å². The van der Waals surface area contributed by atoms with Crippen LogP contribution in [-0.4, -0.2) is 57.8 Å². The minimum absolute atomic E-state index is 0.0575. The van der Waals surface area contributed by atoms with Gasteiger partial charge in [-0.3, -0.25) is 14.3 Å². The number of hydrogen-bond donors (Lipinski definition) is 1. The fraction of sp³-hybridized carbons (Fsp3) is 0.556. The first kappa shape index (κ1) is 25.7. The number of fused-ring (bicyclic) bond motifs is 1. The average molecular weight is 497 g/mol. The number of rotatable bonds is 7. The molecule has 194 valence electrons. The van der Waals surface area contributed by atoms with Crippen molar-refractivity contribution in [2.45, 2.75) is 83.5 Å². The zero-order chi connectivity index (χ0) is 25.7. The van der Waals surface area contributed by atoms with Crippen LogP contribution in [0.3, 0.4) is 0 Å². The van der Waals surface area contributed by atoms with Crippen molar-refractivity contribution in [3.8, 4) is 5.75 Å². The molecular weight excluding hydrogens is 460 g/mol. The lowest BCUT2D eigenvalue weighted by atomic mass is 9.91. The number of para-hydroxylation sites is 1. The van der Waals surface area contributed by atoms with Crippen LogP contribution in [0.4, 0.5) is 0 Å². The molecule has 2 aliphatic rings.